The molecule has 0 radical (unpaired) electrons. The van der Waals surface area contributed by atoms with Crippen LogP contribution in [-0.4, -0.2) is 36.1 Å². The Balaban J connectivity index is 2.01. The van der Waals surface area contributed by atoms with Gasteiger partial charge in [-0.05, 0) is 70.3 Å². The molecule has 0 atom stereocenters. The Kier molecular flexibility index (Phi) is 4.48. The molecule has 0 aliphatic carbocycles. The summed E-state index contributed by atoms with van der Waals surface area (Å²) in [4.78, 5) is 13.5. The molecule has 1 aromatic rings. The summed E-state index contributed by atoms with van der Waals surface area (Å²) in [6, 6.07) is 8.56. The number of aliphatic carboxylic acids is 1. The molecule has 1 aliphatic heterocycles. The molecule has 0 aromatic heterocycles. The molecule has 20 heavy (non-hydrogen) atoms. The quantitative estimate of drug-likeness (QED) is 0.917. The zero-order chi connectivity index (χ0) is 14.8. The minimum atomic E-state index is -0.739. The van der Waals surface area contributed by atoms with Gasteiger partial charge in [-0.25, -0.2) is 0 Å². The van der Waals surface area contributed by atoms with E-state index in [2.05, 4.69) is 36.2 Å². The van der Waals surface area contributed by atoms with Crippen LogP contribution in [0.4, 0.5) is 0 Å². The van der Waals surface area contributed by atoms with E-state index in [4.69, 9.17) is 0 Å². The summed E-state index contributed by atoms with van der Waals surface area (Å²) in [7, 11) is 2.17. The van der Waals surface area contributed by atoms with Crippen LogP contribution in [0.15, 0.2) is 24.3 Å². The molecular weight excluding hydrogens is 250 g/mol. The third-order valence-electron chi connectivity index (χ3n) is 4.39. The van der Waals surface area contributed by atoms with Gasteiger partial charge in [0.05, 0.1) is 5.41 Å². The fourth-order valence-electron chi connectivity index (χ4n) is 2.84. The van der Waals surface area contributed by atoms with Gasteiger partial charge in [-0.2, -0.15) is 0 Å². The molecule has 3 heteroatoms. The topological polar surface area (TPSA) is 40.5 Å². The van der Waals surface area contributed by atoms with E-state index >= 15 is 0 Å². The van der Waals surface area contributed by atoms with Crippen LogP contribution in [0.1, 0.15) is 43.7 Å². The number of carboxylic acid groups (broad SMARTS) is 1. The van der Waals surface area contributed by atoms with Gasteiger partial charge in [0.15, 0.2) is 0 Å². The SMILES string of the molecule is CN1CCC(c2ccc(CC(C)(C)C(=O)O)cc2)CC1. The van der Waals surface area contributed by atoms with E-state index in [1.54, 1.807) is 13.8 Å². The molecular formula is C17H25NO2. The highest BCUT2D eigenvalue weighted by Crippen LogP contribution is 2.29. The van der Waals surface area contributed by atoms with Crippen molar-refractivity contribution in [1.82, 2.24) is 4.90 Å². The summed E-state index contributed by atoms with van der Waals surface area (Å²) in [6.45, 7) is 5.89. The lowest BCUT2D eigenvalue weighted by Gasteiger charge is -2.29. The van der Waals surface area contributed by atoms with Crippen molar-refractivity contribution in [3.63, 3.8) is 0 Å². The van der Waals surface area contributed by atoms with Gasteiger partial charge in [-0.15, -0.1) is 0 Å². The first kappa shape index (κ1) is 15.0. The predicted molar refractivity (Wildman–Crippen MR) is 81.0 cm³/mol. The fraction of sp³-hybridized carbons (Fsp3) is 0.588. The molecule has 1 saturated heterocycles. The number of hydrogen-bond acceptors (Lipinski definition) is 2. The smallest absolute Gasteiger partial charge is 0.309 e. The second-order valence-electron chi connectivity index (χ2n) is 6.68. The van der Waals surface area contributed by atoms with Gasteiger partial charge in [0.1, 0.15) is 0 Å². The molecule has 1 heterocycles. The average Bonchev–Trinajstić information content (AvgIpc) is 2.40. The van der Waals surface area contributed by atoms with Crippen LogP contribution < -0.4 is 0 Å². The van der Waals surface area contributed by atoms with E-state index in [1.165, 1.54) is 31.5 Å². The maximum absolute atomic E-state index is 11.2. The van der Waals surface area contributed by atoms with E-state index in [0.29, 0.717) is 12.3 Å². The Bertz CT molecular complexity index is 456. The Morgan fingerprint density at radius 3 is 2.30 bits per heavy atom. The number of carbonyl (C=O) groups is 1. The highest BCUT2D eigenvalue weighted by atomic mass is 16.4. The van der Waals surface area contributed by atoms with Crippen molar-refractivity contribution in [2.75, 3.05) is 20.1 Å². The van der Waals surface area contributed by atoms with Gasteiger partial charge >= 0.3 is 5.97 Å². The van der Waals surface area contributed by atoms with Crippen LogP contribution in [0.25, 0.3) is 0 Å². The van der Waals surface area contributed by atoms with Gasteiger partial charge in [-0.1, -0.05) is 24.3 Å². The van der Waals surface area contributed by atoms with Crippen molar-refractivity contribution < 1.29 is 9.90 Å². The number of hydrogen-bond donors (Lipinski definition) is 1. The van der Waals surface area contributed by atoms with E-state index in [1.807, 2.05) is 0 Å². The molecule has 1 N–H and O–H groups in total. The van der Waals surface area contributed by atoms with Gasteiger partial charge in [0.2, 0.25) is 0 Å². The molecule has 2 rings (SSSR count). The fourth-order valence-corrected chi connectivity index (χ4v) is 2.84. The molecule has 3 nitrogen and oxygen atoms in total. The van der Waals surface area contributed by atoms with Crippen molar-refractivity contribution in [2.45, 2.75) is 39.0 Å². The summed E-state index contributed by atoms with van der Waals surface area (Å²) in [5, 5.41) is 9.18. The first-order valence-electron chi connectivity index (χ1n) is 7.39. The van der Waals surface area contributed by atoms with Crippen molar-refractivity contribution in [3.05, 3.63) is 35.4 Å². The Labute approximate surface area is 121 Å². The largest absolute Gasteiger partial charge is 0.481 e. The van der Waals surface area contributed by atoms with Crippen molar-refractivity contribution >= 4 is 5.97 Å². The third-order valence-corrected chi connectivity index (χ3v) is 4.39. The lowest BCUT2D eigenvalue weighted by molar-refractivity contribution is -0.146. The predicted octanol–water partition coefficient (Wildman–Crippen LogP) is 3.15. The molecule has 0 bridgehead atoms. The highest BCUT2D eigenvalue weighted by Gasteiger charge is 2.27. The third kappa shape index (κ3) is 3.60. The van der Waals surface area contributed by atoms with Gasteiger partial charge in [0.25, 0.3) is 0 Å². The number of benzene rings is 1. The number of piperidine rings is 1. The van der Waals surface area contributed by atoms with Crippen LogP contribution >= 0.6 is 0 Å². The number of rotatable bonds is 4. The second-order valence-corrected chi connectivity index (χ2v) is 6.68. The van der Waals surface area contributed by atoms with E-state index in [0.717, 1.165) is 5.56 Å². The minimum Gasteiger partial charge on any atom is -0.481 e. The lowest BCUT2D eigenvalue weighted by atomic mass is 9.84. The van der Waals surface area contributed by atoms with Crippen molar-refractivity contribution in [1.29, 1.82) is 0 Å². The van der Waals surface area contributed by atoms with Crippen LogP contribution in [-0.2, 0) is 11.2 Å². The molecule has 1 aromatic carbocycles. The highest BCUT2D eigenvalue weighted by molar-refractivity contribution is 5.74. The summed E-state index contributed by atoms with van der Waals surface area (Å²) >= 11 is 0. The standard InChI is InChI=1S/C17H25NO2/c1-17(2,16(19)20)12-13-4-6-14(7-5-13)15-8-10-18(3)11-9-15/h4-7,15H,8-12H2,1-3H3,(H,19,20). The van der Waals surface area contributed by atoms with E-state index < -0.39 is 11.4 Å². The molecule has 1 aliphatic rings. The minimum absolute atomic E-state index is 0.579. The molecule has 0 spiro atoms. The summed E-state index contributed by atoms with van der Waals surface area (Å²) in [5.74, 6) is -0.0790. The van der Waals surface area contributed by atoms with Crippen LogP contribution in [0.3, 0.4) is 0 Å². The summed E-state index contributed by atoms with van der Waals surface area (Å²) in [6.07, 6.45) is 3.02. The first-order valence-corrected chi connectivity index (χ1v) is 7.39. The zero-order valence-electron chi connectivity index (χ0n) is 12.7. The van der Waals surface area contributed by atoms with Gasteiger partial charge in [0, 0.05) is 0 Å². The summed E-state index contributed by atoms with van der Waals surface area (Å²) in [5.41, 5.74) is 1.80. The molecule has 110 valence electrons. The first-order chi connectivity index (χ1) is 9.38. The molecule has 0 unspecified atom stereocenters. The maximum Gasteiger partial charge on any atom is 0.309 e. The normalized spacial score (nSPS) is 18.1. The van der Waals surface area contributed by atoms with Crippen LogP contribution in [0.2, 0.25) is 0 Å². The Morgan fingerprint density at radius 1 is 1.25 bits per heavy atom. The van der Waals surface area contributed by atoms with Crippen molar-refractivity contribution in [2.24, 2.45) is 5.41 Å². The lowest BCUT2D eigenvalue weighted by Crippen LogP contribution is -2.29. The molecule has 1 fully saturated rings. The maximum atomic E-state index is 11.2. The second kappa shape index (κ2) is 5.96. The number of nitrogens with zero attached hydrogens (tertiary/aromatic N) is 1. The molecule has 0 saturated carbocycles. The zero-order valence-corrected chi connectivity index (χ0v) is 12.7. The van der Waals surface area contributed by atoms with Gasteiger partial charge < -0.3 is 10.0 Å². The van der Waals surface area contributed by atoms with E-state index in [9.17, 15) is 9.90 Å². The monoisotopic (exact) mass is 275 g/mol. The van der Waals surface area contributed by atoms with E-state index in [-0.39, 0.29) is 0 Å². The number of likely N-dealkylation sites (tertiary alicyclic amines) is 1. The van der Waals surface area contributed by atoms with Crippen LogP contribution in [0.5, 0.6) is 0 Å². The summed E-state index contributed by atoms with van der Waals surface area (Å²) < 4.78 is 0. The number of carboxylic acids is 1. The van der Waals surface area contributed by atoms with Gasteiger partial charge in [-0.3, -0.25) is 4.79 Å². The Hall–Kier alpha value is -1.35. The van der Waals surface area contributed by atoms with Crippen LogP contribution in [0, 0.1) is 5.41 Å². The molecule has 0 amide bonds. The Morgan fingerprint density at radius 2 is 1.80 bits per heavy atom. The average molecular weight is 275 g/mol. The van der Waals surface area contributed by atoms with Crippen molar-refractivity contribution in [3.8, 4) is 0 Å².